The zero-order valence-corrected chi connectivity index (χ0v) is 29.0. The number of fused-ring (bicyclic) bond motifs is 11. The topological polar surface area (TPSA) is 0 Å². The van der Waals surface area contributed by atoms with Gasteiger partial charge in [0, 0.05) is 0 Å². The fourth-order valence-corrected chi connectivity index (χ4v) is 9.96. The molecule has 10 aromatic carbocycles. The molecule has 2 aliphatic rings. The Balaban J connectivity index is 1.27. The van der Waals surface area contributed by atoms with Gasteiger partial charge in [-0.3, -0.25) is 0 Å². The van der Waals surface area contributed by atoms with Crippen molar-refractivity contribution in [1.82, 2.24) is 0 Å². The monoisotopic (exact) mass is 656 g/mol. The first-order valence-electron chi connectivity index (χ1n) is 18.3. The van der Waals surface area contributed by atoms with E-state index in [9.17, 15) is 0 Å². The Morgan fingerprint density at radius 3 is 1.50 bits per heavy atom. The summed E-state index contributed by atoms with van der Waals surface area (Å²) in [5, 5.41) is 13.2. The molecule has 0 heteroatoms. The van der Waals surface area contributed by atoms with Crippen LogP contribution in [0.25, 0.3) is 121 Å². The average Bonchev–Trinajstić information content (AvgIpc) is 3.66. The molecule has 0 saturated heterocycles. The summed E-state index contributed by atoms with van der Waals surface area (Å²) in [7, 11) is 0. The molecule has 0 heterocycles. The normalized spacial score (nSPS) is 12.4. The van der Waals surface area contributed by atoms with Crippen molar-refractivity contribution in [2.45, 2.75) is 13.8 Å². The number of hydrogen-bond acceptors (Lipinski definition) is 0. The number of aryl methyl sites for hydroxylation is 2. The second-order valence-corrected chi connectivity index (χ2v) is 14.9. The summed E-state index contributed by atoms with van der Waals surface area (Å²) < 4.78 is 0. The summed E-state index contributed by atoms with van der Waals surface area (Å²) in [6, 6.07) is 59.8. The minimum absolute atomic E-state index is 1.25. The Morgan fingerprint density at radius 1 is 0.269 bits per heavy atom. The molecular formula is C52H32. The van der Waals surface area contributed by atoms with Crippen LogP contribution in [0.3, 0.4) is 0 Å². The van der Waals surface area contributed by atoms with E-state index < -0.39 is 0 Å². The predicted molar refractivity (Wildman–Crippen MR) is 223 cm³/mol. The smallest absolute Gasteiger partial charge is 0.000719 e. The largest absolute Gasteiger partial charge is 0.0622 e. The summed E-state index contributed by atoms with van der Waals surface area (Å²) >= 11 is 0. The summed E-state index contributed by atoms with van der Waals surface area (Å²) in [4.78, 5) is 0. The quantitative estimate of drug-likeness (QED) is 0.162. The molecule has 2 aliphatic carbocycles. The Bertz CT molecular complexity index is 3210. The van der Waals surface area contributed by atoms with Crippen LogP contribution in [-0.2, 0) is 0 Å². The van der Waals surface area contributed by atoms with Crippen LogP contribution in [0.5, 0.6) is 0 Å². The first-order valence-corrected chi connectivity index (χ1v) is 18.3. The Hall–Kier alpha value is -6.50. The van der Waals surface area contributed by atoms with Gasteiger partial charge in [0.15, 0.2) is 0 Å². The molecule has 0 fully saturated rings. The zero-order chi connectivity index (χ0) is 34.2. The first kappa shape index (κ1) is 28.2. The second-order valence-electron chi connectivity index (χ2n) is 14.9. The standard InChI is InChI=1S/C52H32/c1-29-23-35-24-30(2)26-45-43-28-41-34(27-42(43)44(25-29)47(35)45)19-20-37-36(41)21-22-40-48(32-11-5-3-6-12-32)51-38-17-9-15-31-16-10-18-39(46(31)38)52(51)49(50(37)40)33-13-7-4-8-14-33/h3-28H,1-2H3. The SMILES string of the molecule is Cc1cc2c3c(cc(C)cc3c1)-c1cc3c(ccc4c3ccc3c(-c5ccccc5)c5c(c(-c6ccccc6)c34)-c3cccc4cccc-5c34)cc1-2. The summed E-state index contributed by atoms with van der Waals surface area (Å²) in [6.45, 7) is 4.45. The van der Waals surface area contributed by atoms with Crippen LogP contribution in [0, 0.1) is 13.8 Å². The van der Waals surface area contributed by atoms with Gasteiger partial charge in [0.05, 0.1) is 0 Å². The molecule has 0 saturated carbocycles. The van der Waals surface area contributed by atoms with Crippen molar-refractivity contribution in [1.29, 1.82) is 0 Å². The molecule has 12 rings (SSSR count). The molecule has 0 aliphatic heterocycles. The molecule has 0 unspecified atom stereocenters. The molecule has 0 radical (unpaired) electrons. The summed E-state index contributed by atoms with van der Waals surface area (Å²) in [5.41, 5.74) is 18.5. The van der Waals surface area contributed by atoms with Crippen molar-refractivity contribution in [3.63, 3.8) is 0 Å². The Morgan fingerprint density at radius 2 is 0.827 bits per heavy atom. The molecule has 0 aromatic heterocycles. The molecule has 0 bridgehead atoms. The number of benzene rings is 10. The van der Waals surface area contributed by atoms with Gasteiger partial charge in [-0.05, 0) is 158 Å². The third-order valence-electron chi connectivity index (χ3n) is 11.9. The van der Waals surface area contributed by atoms with E-state index in [0.29, 0.717) is 0 Å². The lowest BCUT2D eigenvalue weighted by atomic mass is 9.80. The molecule has 0 amide bonds. The van der Waals surface area contributed by atoms with Gasteiger partial charge in [-0.15, -0.1) is 0 Å². The van der Waals surface area contributed by atoms with E-state index >= 15 is 0 Å². The van der Waals surface area contributed by atoms with Crippen molar-refractivity contribution >= 4 is 53.9 Å². The maximum atomic E-state index is 2.49. The van der Waals surface area contributed by atoms with Gasteiger partial charge >= 0.3 is 0 Å². The third-order valence-corrected chi connectivity index (χ3v) is 11.9. The van der Waals surface area contributed by atoms with E-state index in [-0.39, 0.29) is 0 Å². The second kappa shape index (κ2) is 10.1. The van der Waals surface area contributed by atoms with Crippen molar-refractivity contribution < 1.29 is 0 Å². The van der Waals surface area contributed by atoms with Crippen molar-refractivity contribution in [3.8, 4) is 66.8 Å². The van der Waals surface area contributed by atoms with Crippen LogP contribution in [0.1, 0.15) is 11.1 Å². The van der Waals surface area contributed by atoms with Crippen molar-refractivity contribution in [2.75, 3.05) is 0 Å². The summed E-state index contributed by atoms with van der Waals surface area (Å²) in [6.07, 6.45) is 0. The van der Waals surface area contributed by atoms with E-state index in [1.165, 1.54) is 132 Å². The van der Waals surface area contributed by atoms with E-state index in [0.717, 1.165) is 0 Å². The maximum absolute atomic E-state index is 2.49. The van der Waals surface area contributed by atoms with Gasteiger partial charge < -0.3 is 0 Å². The van der Waals surface area contributed by atoms with Gasteiger partial charge in [-0.25, -0.2) is 0 Å². The highest BCUT2D eigenvalue weighted by molar-refractivity contribution is 6.33. The third kappa shape index (κ3) is 3.61. The highest BCUT2D eigenvalue weighted by Crippen LogP contribution is 2.59. The van der Waals surface area contributed by atoms with Gasteiger partial charge in [-0.1, -0.05) is 146 Å². The molecule has 0 spiro atoms. The number of hydrogen-bond donors (Lipinski definition) is 0. The average molecular weight is 657 g/mol. The lowest BCUT2D eigenvalue weighted by molar-refractivity contribution is 1.48. The fourth-order valence-electron chi connectivity index (χ4n) is 9.96. The molecular weight excluding hydrogens is 625 g/mol. The van der Waals surface area contributed by atoms with Crippen LogP contribution < -0.4 is 0 Å². The van der Waals surface area contributed by atoms with Crippen LogP contribution in [-0.4, -0.2) is 0 Å². The molecule has 0 atom stereocenters. The highest BCUT2D eigenvalue weighted by atomic mass is 14.3. The lowest BCUT2D eigenvalue weighted by Crippen LogP contribution is -1.95. The Labute approximate surface area is 302 Å². The summed E-state index contributed by atoms with van der Waals surface area (Å²) in [5.74, 6) is 0. The van der Waals surface area contributed by atoms with Crippen LogP contribution in [0.4, 0.5) is 0 Å². The predicted octanol–water partition coefficient (Wildman–Crippen LogP) is 14.7. The maximum Gasteiger partial charge on any atom is -0.000719 e. The molecule has 10 aromatic rings. The van der Waals surface area contributed by atoms with Gasteiger partial charge in [0.25, 0.3) is 0 Å². The van der Waals surface area contributed by atoms with E-state index in [1.807, 2.05) is 0 Å². The minimum Gasteiger partial charge on any atom is -0.0622 e. The highest BCUT2D eigenvalue weighted by Gasteiger charge is 2.31. The zero-order valence-electron chi connectivity index (χ0n) is 29.0. The van der Waals surface area contributed by atoms with E-state index in [1.54, 1.807) is 0 Å². The molecule has 240 valence electrons. The fraction of sp³-hybridized carbons (Fsp3) is 0.0385. The van der Waals surface area contributed by atoms with Crippen molar-refractivity contribution in [3.05, 3.63) is 169 Å². The lowest BCUT2D eigenvalue weighted by Gasteiger charge is -2.22. The van der Waals surface area contributed by atoms with Gasteiger partial charge in [0.2, 0.25) is 0 Å². The van der Waals surface area contributed by atoms with Crippen molar-refractivity contribution in [2.24, 2.45) is 0 Å². The first-order chi connectivity index (χ1) is 25.6. The Kier molecular flexibility index (Phi) is 5.46. The van der Waals surface area contributed by atoms with Gasteiger partial charge in [0.1, 0.15) is 0 Å². The van der Waals surface area contributed by atoms with Crippen LogP contribution in [0.2, 0.25) is 0 Å². The molecule has 52 heavy (non-hydrogen) atoms. The van der Waals surface area contributed by atoms with Crippen LogP contribution >= 0.6 is 0 Å². The van der Waals surface area contributed by atoms with E-state index in [2.05, 4.69) is 172 Å². The van der Waals surface area contributed by atoms with Crippen LogP contribution in [0.15, 0.2) is 158 Å². The minimum atomic E-state index is 1.25. The molecule has 0 nitrogen and oxygen atoms in total. The van der Waals surface area contributed by atoms with Gasteiger partial charge in [-0.2, -0.15) is 0 Å². The number of rotatable bonds is 2. The molecule has 0 N–H and O–H groups in total. The van der Waals surface area contributed by atoms with E-state index in [4.69, 9.17) is 0 Å².